The van der Waals surface area contributed by atoms with Crippen LogP contribution in [0.2, 0.25) is 0 Å². The second kappa shape index (κ2) is 8.00. The van der Waals surface area contributed by atoms with Crippen molar-refractivity contribution in [1.29, 1.82) is 0 Å². The summed E-state index contributed by atoms with van der Waals surface area (Å²) < 4.78 is 6.31. The first-order chi connectivity index (χ1) is 12.4. The van der Waals surface area contributed by atoms with Gasteiger partial charge >= 0.3 is 29.6 Å². The van der Waals surface area contributed by atoms with E-state index in [1.54, 1.807) is 0 Å². The molecule has 2 aliphatic rings. The molecule has 4 rings (SSSR count). The van der Waals surface area contributed by atoms with Gasteiger partial charge in [-0.25, -0.2) is 0 Å². The first kappa shape index (κ1) is 20.5. The molecule has 27 heavy (non-hydrogen) atoms. The third-order valence-corrected chi connectivity index (χ3v) is 6.13. The molecule has 136 valence electrons. The van der Waals surface area contributed by atoms with E-state index in [0.717, 1.165) is 35.1 Å². The van der Waals surface area contributed by atoms with Crippen molar-refractivity contribution in [3.05, 3.63) is 65.2 Å². The van der Waals surface area contributed by atoms with Gasteiger partial charge in [0.05, 0.1) is 5.25 Å². The summed E-state index contributed by atoms with van der Waals surface area (Å²) in [5, 5.41) is 1.75. The summed E-state index contributed by atoms with van der Waals surface area (Å²) in [6.07, 6.45) is 1.44. The molecule has 2 heterocycles. The molecular formula is C21H22NNaO3S. The van der Waals surface area contributed by atoms with E-state index >= 15 is 0 Å². The standard InChI is InChI=1S/C21H21NO3S.Na.H/c1-21(2)16(14-6-4-3-5-7-14)12-15-10-13(8-9-17(15)25-21)11-18-19(23)22-20(24)26-18;;/h3-10,16,18H,11-12H2,1-2H3,(H,22,23,24);;. The van der Waals surface area contributed by atoms with Gasteiger partial charge in [0.1, 0.15) is 11.4 Å². The van der Waals surface area contributed by atoms with E-state index in [1.165, 1.54) is 5.56 Å². The molecule has 6 heteroatoms. The first-order valence-electron chi connectivity index (χ1n) is 8.79. The number of fused-ring (bicyclic) bond motifs is 1. The predicted molar refractivity (Wildman–Crippen MR) is 110 cm³/mol. The van der Waals surface area contributed by atoms with Crippen molar-refractivity contribution in [1.82, 2.24) is 5.32 Å². The van der Waals surface area contributed by atoms with Gasteiger partial charge in [0.25, 0.3) is 5.24 Å². The molecular weight excluding hydrogens is 369 g/mol. The van der Waals surface area contributed by atoms with Gasteiger partial charge in [0.2, 0.25) is 5.91 Å². The van der Waals surface area contributed by atoms with E-state index in [2.05, 4.69) is 49.5 Å². The normalized spacial score (nSPS) is 23.0. The molecule has 1 saturated heterocycles. The minimum absolute atomic E-state index is 0. The summed E-state index contributed by atoms with van der Waals surface area (Å²) in [5.41, 5.74) is 3.19. The second-order valence-electron chi connectivity index (χ2n) is 7.40. The number of hydrogen-bond donors (Lipinski definition) is 1. The summed E-state index contributed by atoms with van der Waals surface area (Å²) in [4.78, 5) is 23.2. The third kappa shape index (κ3) is 4.27. The maximum absolute atomic E-state index is 11.8. The van der Waals surface area contributed by atoms with Crippen LogP contribution in [0.3, 0.4) is 0 Å². The molecule has 0 spiro atoms. The van der Waals surface area contributed by atoms with Crippen molar-refractivity contribution < 1.29 is 14.3 Å². The molecule has 0 radical (unpaired) electrons. The Kier molecular flexibility index (Phi) is 6.06. The first-order valence-corrected chi connectivity index (χ1v) is 9.67. The fraction of sp³-hybridized carbons (Fsp3) is 0.333. The molecule has 4 nitrogen and oxygen atoms in total. The zero-order chi connectivity index (χ0) is 18.3. The second-order valence-corrected chi connectivity index (χ2v) is 8.58. The number of hydrogen-bond acceptors (Lipinski definition) is 4. The van der Waals surface area contributed by atoms with Crippen LogP contribution in [0.25, 0.3) is 0 Å². The average Bonchev–Trinajstić information content (AvgIpc) is 2.92. The third-order valence-electron chi connectivity index (χ3n) is 5.15. The van der Waals surface area contributed by atoms with Crippen LogP contribution < -0.4 is 10.1 Å². The Labute approximate surface area is 185 Å². The van der Waals surface area contributed by atoms with Gasteiger partial charge in [-0.1, -0.05) is 54.2 Å². The van der Waals surface area contributed by atoms with Crippen molar-refractivity contribution in [3.8, 4) is 5.75 Å². The molecule has 2 aromatic carbocycles. The predicted octanol–water partition coefficient (Wildman–Crippen LogP) is 3.43. The number of imide groups is 1. The summed E-state index contributed by atoms with van der Waals surface area (Å²) in [5.74, 6) is 0.972. The van der Waals surface area contributed by atoms with Crippen molar-refractivity contribution >= 4 is 52.5 Å². The number of benzene rings is 2. The molecule has 2 aliphatic heterocycles. The molecule has 2 aromatic rings. The summed E-state index contributed by atoms with van der Waals surface area (Å²) >= 11 is 1.07. The van der Waals surface area contributed by atoms with Gasteiger partial charge in [-0.05, 0) is 49.4 Å². The monoisotopic (exact) mass is 391 g/mol. The summed E-state index contributed by atoms with van der Waals surface area (Å²) in [7, 11) is 0. The van der Waals surface area contributed by atoms with E-state index in [0.29, 0.717) is 6.42 Å². The van der Waals surface area contributed by atoms with Crippen LogP contribution in [0.1, 0.15) is 36.5 Å². The Morgan fingerprint density at radius 1 is 1.15 bits per heavy atom. The number of ether oxygens (including phenoxy) is 1. The number of rotatable bonds is 3. The fourth-order valence-electron chi connectivity index (χ4n) is 3.79. The molecule has 1 fully saturated rings. The molecule has 2 unspecified atom stereocenters. The zero-order valence-corrected chi connectivity index (χ0v) is 15.6. The van der Waals surface area contributed by atoms with E-state index in [4.69, 9.17) is 4.74 Å². The van der Waals surface area contributed by atoms with E-state index in [-0.39, 0.29) is 57.5 Å². The number of thioether (sulfide) groups is 1. The molecule has 2 atom stereocenters. The average molecular weight is 391 g/mol. The van der Waals surface area contributed by atoms with E-state index in [9.17, 15) is 9.59 Å². The van der Waals surface area contributed by atoms with Crippen molar-refractivity contribution in [2.45, 2.75) is 43.5 Å². The molecule has 0 saturated carbocycles. The number of nitrogens with one attached hydrogen (secondary N) is 1. The number of carbonyl (C=O) groups is 2. The van der Waals surface area contributed by atoms with Crippen molar-refractivity contribution in [3.63, 3.8) is 0 Å². The van der Waals surface area contributed by atoms with E-state index in [1.807, 2.05) is 18.2 Å². The number of carbonyl (C=O) groups excluding carboxylic acids is 2. The quantitative estimate of drug-likeness (QED) is 0.815. The van der Waals surface area contributed by atoms with Gasteiger partial charge in [0, 0.05) is 5.92 Å². The Balaban J connectivity index is 0.00000210. The molecule has 1 N–H and O–H groups in total. The molecule has 2 amide bonds. The van der Waals surface area contributed by atoms with Crippen LogP contribution in [-0.4, -0.2) is 51.6 Å². The summed E-state index contributed by atoms with van der Waals surface area (Å²) in [6.45, 7) is 4.26. The van der Waals surface area contributed by atoms with Crippen LogP contribution in [0.15, 0.2) is 48.5 Å². The van der Waals surface area contributed by atoms with Gasteiger partial charge in [-0.15, -0.1) is 0 Å². The topological polar surface area (TPSA) is 55.4 Å². The Morgan fingerprint density at radius 3 is 2.56 bits per heavy atom. The van der Waals surface area contributed by atoms with Gasteiger partial charge in [-0.2, -0.15) is 0 Å². The van der Waals surface area contributed by atoms with E-state index < -0.39 is 0 Å². The summed E-state index contributed by atoms with van der Waals surface area (Å²) in [6, 6.07) is 16.6. The Hall–Kier alpha value is -1.27. The molecule has 0 aromatic heterocycles. The van der Waals surface area contributed by atoms with Crippen LogP contribution in [0, 0.1) is 0 Å². The minimum atomic E-state index is -0.341. The van der Waals surface area contributed by atoms with Crippen molar-refractivity contribution in [2.75, 3.05) is 0 Å². The zero-order valence-electron chi connectivity index (χ0n) is 14.8. The van der Waals surface area contributed by atoms with Crippen molar-refractivity contribution in [2.24, 2.45) is 0 Å². The van der Waals surface area contributed by atoms with Crippen LogP contribution >= 0.6 is 11.8 Å². The Morgan fingerprint density at radius 2 is 1.89 bits per heavy atom. The fourth-order valence-corrected chi connectivity index (χ4v) is 4.65. The van der Waals surface area contributed by atoms with Gasteiger partial charge < -0.3 is 4.74 Å². The van der Waals surface area contributed by atoms with Gasteiger partial charge in [0.15, 0.2) is 0 Å². The van der Waals surface area contributed by atoms with Gasteiger partial charge in [-0.3, -0.25) is 14.9 Å². The van der Waals surface area contributed by atoms with Crippen LogP contribution in [0.4, 0.5) is 4.79 Å². The SMILES string of the molecule is CC1(C)Oc2ccc(CC3SC(=O)NC3=O)cc2CC1c1ccccc1.[NaH]. The number of amides is 2. The van der Waals surface area contributed by atoms with Crippen LogP contribution in [-0.2, 0) is 17.6 Å². The maximum atomic E-state index is 11.8. The van der Waals surface area contributed by atoms with Crippen LogP contribution in [0.5, 0.6) is 5.75 Å². The molecule has 0 bridgehead atoms. The molecule has 0 aliphatic carbocycles. The Bertz CT molecular complexity index is 869.